The average molecular weight is 446 g/mol. The van der Waals surface area contributed by atoms with Crippen molar-refractivity contribution in [2.75, 3.05) is 6.54 Å². The SMILES string of the molecule is C=C(S)/C=C\C(=C/CC)N(CC1=CC(C)=C(C)CC=C1)Cc1ccc(Cl)c(Cl)c1. The molecule has 0 saturated heterocycles. The van der Waals surface area contributed by atoms with Crippen LogP contribution in [-0.4, -0.2) is 11.4 Å². The van der Waals surface area contributed by atoms with E-state index in [1.165, 1.54) is 16.7 Å². The highest BCUT2D eigenvalue weighted by Gasteiger charge is 2.12. The zero-order chi connectivity index (χ0) is 21.4. The molecule has 0 unspecified atom stereocenters. The number of halogens is 2. The maximum atomic E-state index is 6.26. The maximum absolute atomic E-state index is 6.26. The molecule has 1 aromatic rings. The standard InChI is InChI=1S/C25H29Cl2NS/c1-5-7-23(12-10-20(4)29)28(17-22-11-13-24(26)25(27)15-22)16-21-9-6-8-18(2)19(3)14-21/h6-7,9-15,29H,4-5,8,16-17H2,1-3H3/b12-10-,23-7+. The van der Waals surface area contributed by atoms with Gasteiger partial charge in [0.1, 0.15) is 0 Å². The van der Waals surface area contributed by atoms with Crippen LogP contribution in [0.3, 0.4) is 0 Å². The highest BCUT2D eigenvalue weighted by molar-refractivity contribution is 7.84. The van der Waals surface area contributed by atoms with Crippen molar-refractivity contribution >= 4 is 35.8 Å². The van der Waals surface area contributed by atoms with Crippen molar-refractivity contribution < 1.29 is 0 Å². The zero-order valence-electron chi connectivity index (χ0n) is 17.4. The number of hydrogen-bond donors (Lipinski definition) is 1. The normalized spacial score (nSPS) is 15.0. The molecule has 4 heteroatoms. The van der Waals surface area contributed by atoms with Gasteiger partial charge >= 0.3 is 0 Å². The molecular weight excluding hydrogens is 417 g/mol. The molecule has 1 aromatic carbocycles. The van der Waals surface area contributed by atoms with E-state index in [2.05, 4.69) is 75.3 Å². The monoisotopic (exact) mass is 445 g/mol. The molecule has 1 aliphatic rings. The van der Waals surface area contributed by atoms with Gasteiger partial charge in [-0.05, 0) is 67.0 Å². The second kappa shape index (κ2) is 11.5. The summed E-state index contributed by atoms with van der Waals surface area (Å²) in [7, 11) is 0. The fourth-order valence-corrected chi connectivity index (χ4v) is 3.50. The van der Waals surface area contributed by atoms with E-state index in [4.69, 9.17) is 23.2 Å². The van der Waals surface area contributed by atoms with Gasteiger partial charge in [0.15, 0.2) is 0 Å². The molecule has 0 aromatic heterocycles. The summed E-state index contributed by atoms with van der Waals surface area (Å²) < 4.78 is 0. The first kappa shape index (κ1) is 23.7. The summed E-state index contributed by atoms with van der Waals surface area (Å²) in [6, 6.07) is 5.82. The molecule has 0 N–H and O–H groups in total. The van der Waals surface area contributed by atoms with Crippen molar-refractivity contribution in [3.63, 3.8) is 0 Å². The van der Waals surface area contributed by atoms with Gasteiger partial charge < -0.3 is 4.90 Å². The van der Waals surface area contributed by atoms with Crippen LogP contribution in [0, 0.1) is 0 Å². The minimum absolute atomic E-state index is 0.572. The van der Waals surface area contributed by atoms with Crippen molar-refractivity contribution in [3.8, 4) is 0 Å². The van der Waals surface area contributed by atoms with Crippen LogP contribution in [0.25, 0.3) is 0 Å². The van der Waals surface area contributed by atoms with Crippen LogP contribution >= 0.6 is 35.8 Å². The summed E-state index contributed by atoms with van der Waals surface area (Å²) in [5, 5.41) is 1.15. The Kier molecular flexibility index (Phi) is 9.42. The summed E-state index contributed by atoms with van der Waals surface area (Å²) >= 11 is 16.7. The Balaban J connectivity index is 2.40. The van der Waals surface area contributed by atoms with Crippen molar-refractivity contribution in [1.82, 2.24) is 4.90 Å². The Labute approximate surface area is 191 Å². The van der Waals surface area contributed by atoms with Crippen molar-refractivity contribution in [1.29, 1.82) is 0 Å². The maximum Gasteiger partial charge on any atom is 0.0595 e. The van der Waals surface area contributed by atoms with E-state index in [1.807, 2.05) is 24.3 Å². The number of hydrogen-bond acceptors (Lipinski definition) is 2. The Bertz CT molecular complexity index is 903. The molecule has 0 amide bonds. The van der Waals surface area contributed by atoms with E-state index in [0.717, 1.165) is 42.1 Å². The van der Waals surface area contributed by atoms with Gasteiger partial charge in [-0.1, -0.05) is 78.2 Å². The average Bonchev–Trinajstić information content (AvgIpc) is 2.82. The van der Waals surface area contributed by atoms with Crippen LogP contribution < -0.4 is 0 Å². The Morgan fingerprint density at radius 1 is 1.17 bits per heavy atom. The first-order valence-corrected chi connectivity index (χ1v) is 11.0. The minimum atomic E-state index is 0.572. The van der Waals surface area contributed by atoms with Gasteiger partial charge in [-0.15, -0.1) is 12.6 Å². The lowest BCUT2D eigenvalue weighted by Crippen LogP contribution is -2.24. The third kappa shape index (κ3) is 7.62. The van der Waals surface area contributed by atoms with Crippen molar-refractivity contribution in [2.24, 2.45) is 0 Å². The number of rotatable bonds is 8. The Morgan fingerprint density at radius 3 is 2.59 bits per heavy atom. The van der Waals surface area contributed by atoms with Gasteiger partial charge in [0.2, 0.25) is 0 Å². The second-order valence-electron chi connectivity index (χ2n) is 7.26. The number of benzene rings is 1. The van der Waals surface area contributed by atoms with Gasteiger partial charge in [0.05, 0.1) is 10.0 Å². The molecule has 0 spiro atoms. The smallest absolute Gasteiger partial charge is 0.0595 e. The number of thiol groups is 1. The molecule has 2 rings (SSSR count). The predicted octanol–water partition coefficient (Wildman–Crippen LogP) is 8.31. The zero-order valence-corrected chi connectivity index (χ0v) is 19.8. The second-order valence-corrected chi connectivity index (χ2v) is 8.64. The molecule has 154 valence electrons. The Hall–Kier alpha value is -1.61. The van der Waals surface area contributed by atoms with E-state index < -0.39 is 0 Å². The van der Waals surface area contributed by atoms with Crippen molar-refractivity contribution in [3.05, 3.63) is 104 Å². The fourth-order valence-electron chi connectivity index (χ4n) is 3.11. The predicted molar refractivity (Wildman–Crippen MR) is 133 cm³/mol. The highest BCUT2D eigenvalue weighted by Crippen LogP contribution is 2.26. The molecule has 0 saturated carbocycles. The molecule has 1 nitrogen and oxygen atoms in total. The first-order chi connectivity index (χ1) is 13.8. The van der Waals surface area contributed by atoms with Gasteiger partial charge in [0, 0.05) is 18.8 Å². The lowest BCUT2D eigenvalue weighted by molar-refractivity contribution is 0.377. The number of nitrogens with zero attached hydrogens (tertiary/aromatic N) is 1. The first-order valence-electron chi connectivity index (χ1n) is 9.78. The molecule has 0 aliphatic heterocycles. The summed E-state index contributed by atoms with van der Waals surface area (Å²) in [5.74, 6) is 0. The molecule has 0 bridgehead atoms. The van der Waals surface area contributed by atoms with Crippen LogP contribution in [0.5, 0.6) is 0 Å². The van der Waals surface area contributed by atoms with E-state index in [-0.39, 0.29) is 0 Å². The highest BCUT2D eigenvalue weighted by atomic mass is 35.5. The van der Waals surface area contributed by atoms with Crippen LogP contribution in [0.15, 0.2) is 88.6 Å². The fraction of sp³-hybridized carbons (Fsp3) is 0.280. The lowest BCUT2D eigenvalue weighted by atomic mass is 10.1. The van der Waals surface area contributed by atoms with Crippen LogP contribution in [0.2, 0.25) is 10.0 Å². The minimum Gasteiger partial charge on any atom is -0.363 e. The summed E-state index contributed by atoms with van der Waals surface area (Å²) in [6.07, 6.45) is 14.9. The van der Waals surface area contributed by atoms with Gasteiger partial charge in [-0.25, -0.2) is 0 Å². The van der Waals surface area contributed by atoms with E-state index in [0.29, 0.717) is 10.0 Å². The van der Waals surface area contributed by atoms with Crippen LogP contribution in [-0.2, 0) is 6.54 Å². The quantitative estimate of drug-likeness (QED) is 0.310. The van der Waals surface area contributed by atoms with Crippen LogP contribution in [0.4, 0.5) is 0 Å². The summed E-state index contributed by atoms with van der Waals surface area (Å²) in [5.41, 5.74) is 6.26. The topological polar surface area (TPSA) is 3.24 Å². The summed E-state index contributed by atoms with van der Waals surface area (Å²) in [4.78, 5) is 3.07. The molecule has 29 heavy (non-hydrogen) atoms. The van der Waals surface area contributed by atoms with Gasteiger partial charge in [0.25, 0.3) is 0 Å². The molecule has 0 atom stereocenters. The lowest BCUT2D eigenvalue weighted by Gasteiger charge is -2.27. The largest absolute Gasteiger partial charge is 0.363 e. The third-order valence-electron chi connectivity index (χ3n) is 4.79. The molecule has 0 heterocycles. The van der Waals surface area contributed by atoms with Crippen molar-refractivity contribution in [2.45, 2.75) is 40.2 Å². The van der Waals surface area contributed by atoms with E-state index >= 15 is 0 Å². The summed E-state index contributed by atoms with van der Waals surface area (Å²) in [6.45, 7) is 11.9. The van der Waals surface area contributed by atoms with Crippen LogP contribution in [0.1, 0.15) is 39.2 Å². The number of allylic oxidation sites excluding steroid dienone is 7. The van der Waals surface area contributed by atoms with Gasteiger partial charge in [-0.2, -0.15) is 0 Å². The molecular formula is C25H29Cl2NS. The molecule has 0 radical (unpaired) electrons. The van der Waals surface area contributed by atoms with E-state index in [1.54, 1.807) is 0 Å². The van der Waals surface area contributed by atoms with E-state index in [9.17, 15) is 0 Å². The third-order valence-corrected chi connectivity index (χ3v) is 5.67. The molecule has 0 fully saturated rings. The molecule has 1 aliphatic carbocycles. The Morgan fingerprint density at radius 2 is 1.93 bits per heavy atom. The van der Waals surface area contributed by atoms with Gasteiger partial charge in [-0.3, -0.25) is 0 Å².